The van der Waals surface area contributed by atoms with Gasteiger partial charge in [-0.3, -0.25) is 0 Å². The minimum Gasteiger partial charge on any atom is -0.346 e. The SMILES string of the molecule is ClCC1(Nc2nnc3ccccc3n2)CCCC1. The number of alkyl halides is 1. The molecule has 94 valence electrons. The summed E-state index contributed by atoms with van der Waals surface area (Å²) in [7, 11) is 0. The van der Waals surface area contributed by atoms with E-state index in [2.05, 4.69) is 20.5 Å². The summed E-state index contributed by atoms with van der Waals surface area (Å²) in [5, 5.41) is 11.7. The van der Waals surface area contributed by atoms with Crippen LogP contribution in [0, 0.1) is 0 Å². The normalized spacial score (nSPS) is 18.1. The van der Waals surface area contributed by atoms with Gasteiger partial charge in [-0.25, -0.2) is 4.98 Å². The van der Waals surface area contributed by atoms with E-state index in [-0.39, 0.29) is 5.54 Å². The smallest absolute Gasteiger partial charge is 0.243 e. The third-order valence-electron chi connectivity index (χ3n) is 3.55. The van der Waals surface area contributed by atoms with Crippen LogP contribution in [0.1, 0.15) is 25.7 Å². The second kappa shape index (κ2) is 4.69. The third kappa shape index (κ3) is 2.12. The van der Waals surface area contributed by atoms with Crippen molar-refractivity contribution in [2.75, 3.05) is 11.2 Å². The third-order valence-corrected chi connectivity index (χ3v) is 4.07. The zero-order chi connectivity index (χ0) is 12.4. The second-order valence-corrected chi connectivity index (χ2v) is 5.14. The molecular weight excluding hydrogens is 248 g/mol. The van der Waals surface area contributed by atoms with E-state index in [1.54, 1.807) is 0 Å². The molecule has 0 bridgehead atoms. The molecule has 5 heteroatoms. The van der Waals surface area contributed by atoms with Crippen molar-refractivity contribution in [2.24, 2.45) is 0 Å². The summed E-state index contributed by atoms with van der Waals surface area (Å²) >= 11 is 6.09. The monoisotopic (exact) mass is 262 g/mol. The van der Waals surface area contributed by atoms with Crippen LogP contribution in [0.2, 0.25) is 0 Å². The molecule has 1 aromatic carbocycles. The molecule has 18 heavy (non-hydrogen) atoms. The number of hydrogen-bond donors (Lipinski definition) is 1. The van der Waals surface area contributed by atoms with Gasteiger partial charge in [0.15, 0.2) is 0 Å². The Morgan fingerprint density at radius 1 is 1.11 bits per heavy atom. The molecule has 1 aliphatic rings. The minimum atomic E-state index is -0.0499. The molecule has 1 fully saturated rings. The van der Waals surface area contributed by atoms with Gasteiger partial charge in [-0.05, 0) is 25.0 Å². The van der Waals surface area contributed by atoms with Crippen LogP contribution in [0.4, 0.5) is 5.95 Å². The number of aromatic nitrogens is 3. The number of halogens is 1. The maximum absolute atomic E-state index is 6.09. The van der Waals surface area contributed by atoms with Crippen molar-refractivity contribution in [2.45, 2.75) is 31.2 Å². The summed E-state index contributed by atoms with van der Waals surface area (Å²) in [5.74, 6) is 1.17. The first kappa shape index (κ1) is 11.7. The van der Waals surface area contributed by atoms with Gasteiger partial charge in [-0.1, -0.05) is 25.0 Å². The van der Waals surface area contributed by atoms with E-state index >= 15 is 0 Å². The lowest BCUT2D eigenvalue weighted by atomic mass is 10.0. The van der Waals surface area contributed by atoms with Gasteiger partial charge in [0.05, 0.1) is 11.1 Å². The number of hydrogen-bond acceptors (Lipinski definition) is 4. The van der Waals surface area contributed by atoms with Crippen LogP contribution in [0.15, 0.2) is 24.3 Å². The van der Waals surface area contributed by atoms with Gasteiger partial charge in [-0.15, -0.1) is 21.8 Å². The molecule has 1 N–H and O–H groups in total. The van der Waals surface area contributed by atoms with E-state index in [1.165, 1.54) is 12.8 Å². The summed E-state index contributed by atoms with van der Waals surface area (Å²) in [6, 6.07) is 7.74. The van der Waals surface area contributed by atoms with Crippen molar-refractivity contribution in [3.8, 4) is 0 Å². The summed E-state index contributed by atoms with van der Waals surface area (Å²) in [6.45, 7) is 0. The highest BCUT2D eigenvalue weighted by atomic mass is 35.5. The molecule has 1 heterocycles. The fraction of sp³-hybridized carbons (Fsp3) is 0.462. The fourth-order valence-corrected chi connectivity index (χ4v) is 2.85. The largest absolute Gasteiger partial charge is 0.346 e. The van der Waals surface area contributed by atoms with E-state index in [0.29, 0.717) is 11.8 Å². The Bertz CT molecular complexity index is 551. The Morgan fingerprint density at radius 3 is 2.56 bits per heavy atom. The van der Waals surface area contributed by atoms with Crippen molar-refractivity contribution >= 4 is 28.6 Å². The highest BCUT2D eigenvalue weighted by molar-refractivity contribution is 6.18. The molecule has 0 unspecified atom stereocenters. The zero-order valence-electron chi connectivity index (χ0n) is 10.1. The van der Waals surface area contributed by atoms with Crippen LogP contribution < -0.4 is 5.32 Å². The average molecular weight is 263 g/mol. The summed E-state index contributed by atoms with van der Waals surface area (Å²) < 4.78 is 0. The first-order valence-electron chi connectivity index (χ1n) is 6.25. The zero-order valence-corrected chi connectivity index (χ0v) is 10.8. The van der Waals surface area contributed by atoms with E-state index in [0.717, 1.165) is 23.9 Å². The average Bonchev–Trinajstić information content (AvgIpc) is 2.88. The number of rotatable bonds is 3. The molecular formula is C13H15ClN4. The number of nitrogens with one attached hydrogen (secondary N) is 1. The van der Waals surface area contributed by atoms with Crippen LogP contribution in [0.25, 0.3) is 11.0 Å². The quantitative estimate of drug-likeness (QED) is 0.864. The molecule has 0 atom stereocenters. The van der Waals surface area contributed by atoms with E-state index in [4.69, 9.17) is 11.6 Å². The van der Waals surface area contributed by atoms with Gasteiger partial charge in [0.2, 0.25) is 5.95 Å². The van der Waals surface area contributed by atoms with Crippen LogP contribution in [0.3, 0.4) is 0 Å². The molecule has 2 aromatic rings. The van der Waals surface area contributed by atoms with Crippen molar-refractivity contribution in [3.63, 3.8) is 0 Å². The van der Waals surface area contributed by atoms with Crippen LogP contribution in [0.5, 0.6) is 0 Å². The summed E-state index contributed by atoms with van der Waals surface area (Å²) in [4.78, 5) is 4.49. The highest BCUT2D eigenvalue weighted by Gasteiger charge is 2.33. The van der Waals surface area contributed by atoms with Crippen molar-refractivity contribution in [1.29, 1.82) is 0 Å². The van der Waals surface area contributed by atoms with E-state index in [9.17, 15) is 0 Å². The maximum atomic E-state index is 6.09. The molecule has 1 saturated carbocycles. The molecule has 0 aliphatic heterocycles. The van der Waals surface area contributed by atoms with Crippen LogP contribution in [-0.4, -0.2) is 26.6 Å². The van der Waals surface area contributed by atoms with E-state index < -0.39 is 0 Å². The molecule has 0 spiro atoms. The predicted molar refractivity (Wildman–Crippen MR) is 72.9 cm³/mol. The summed E-state index contributed by atoms with van der Waals surface area (Å²) in [6.07, 6.45) is 4.57. The minimum absolute atomic E-state index is 0.0499. The topological polar surface area (TPSA) is 50.7 Å². The molecule has 1 aliphatic carbocycles. The van der Waals surface area contributed by atoms with E-state index in [1.807, 2.05) is 24.3 Å². The highest BCUT2D eigenvalue weighted by Crippen LogP contribution is 2.33. The van der Waals surface area contributed by atoms with Crippen molar-refractivity contribution < 1.29 is 0 Å². The van der Waals surface area contributed by atoms with Gasteiger partial charge in [0.25, 0.3) is 0 Å². The molecule has 1 aromatic heterocycles. The molecule has 4 nitrogen and oxygen atoms in total. The number of benzene rings is 1. The molecule has 0 saturated heterocycles. The number of fused-ring (bicyclic) bond motifs is 1. The fourth-order valence-electron chi connectivity index (χ4n) is 2.51. The number of anilines is 1. The lowest BCUT2D eigenvalue weighted by Crippen LogP contribution is -2.37. The van der Waals surface area contributed by atoms with Crippen LogP contribution in [-0.2, 0) is 0 Å². The number of para-hydroxylation sites is 1. The lowest BCUT2D eigenvalue weighted by molar-refractivity contribution is 0.534. The van der Waals surface area contributed by atoms with Gasteiger partial charge in [0.1, 0.15) is 5.52 Å². The molecule has 0 radical (unpaired) electrons. The Morgan fingerprint density at radius 2 is 1.83 bits per heavy atom. The summed E-state index contributed by atoms with van der Waals surface area (Å²) in [5.41, 5.74) is 1.62. The first-order valence-corrected chi connectivity index (χ1v) is 6.78. The molecule has 3 rings (SSSR count). The molecule has 0 amide bonds. The van der Waals surface area contributed by atoms with Gasteiger partial charge in [-0.2, -0.15) is 0 Å². The number of nitrogens with zero attached hydrogens (tertiary/aromatic N) is 3. The Kier molecular flexibility index (Phi) is 3.04. The Hall–Kier alpha value is -1.42. The van der Waals surface area contributed by atoms with Crippen LogP contribution >= 0.6 is 11.6 Å². The Labute approximate surface area is 111 Å². The van der Waals surface area contributed by atoms with Gasteiger partial charge < -0.3 is 5.32 Å². The van der Waals surface area contributed by atoms with Crippen molar-refractivity contribution in [1.82, 2.24) is 15.2 Å². The maximum Gasteiger partial charge on any atom is 0.243 e. The first-order chi connectivity index (χ1) is 8.81. The lowest BCUT2D eigenvalue weighted by Gasteiger charge is -2.27. The standard InChI is InChI=1S/C13H15ClN4/c14-9-13(7-3-4-8-13)16-12-15-10-5-1-2-6-11(10)17-18-12/h1-2,5-6H,3-4,7-9H2,(H,15,16,18). The van der Waals surface area contributed by atoms with Gasteiger partial charge in [0, 0.05) is 5.88 Å². The van der Waals surface area contributed by atoms with Crippen molar-refractivity contribution in [3.05, 3.63) is 24.3 Å². The predicted octanol–water partition coefficient (Wildman–Crippen LogP) is 2.99. The second-order valence-electron chi connectivity index (χ2n) is 4.87. The Balaban J connectivity index is 1.90. The van der Waals surface area contributed by atoms with Gasteiger partial charge >= 0.3 is 0 Å².